The number of hydrogen-bond donors (Lipinski definition) is 0. The molecule has 0 N–H and O–H groups in total. The summed E-state index contributed by atoms with van der Waals surface area (Å²) < 4.78 is 14.9. The lowest BCUT2D eigenvalue weighted by Crippen LogP contribution is -2.79. The number of carbonyl (C=O) groups is 1. The molecule has 5 aliphatic rings. The van der Waals surface area contributed by atoms with Crippen LogP contribution < -0.4 is 0 Å². The highest BCUT2D eigenvalue weighted by atomic mass is 32.3. The number of hydrogen-bond acceptors (Lipinski definition) is 3. The minimum atomic E-state index is -0.828. The predicted molar refractivity (Wildman–Crippen MR) is 130 cm³/mol. The smallest absolute Gasteiger partial charge is 0.254 e. The van der Waals surface area contributed by atoms with Gasteiger partial charge in [0.05, 0.1) is 30.3 Å². The third kappa shape index (κ3) is 2.41. The quantitative estimate of drug-likeness (QED) is 0.600. The van der Waals surface area contributed by atoms with Crippen molar-refractivity contribution >= 4 is 15.9 Å². The van der Waals surface area contributed by atoms with Gasteiger partial charge in [-0.1, -0.05) is 39.0 Å². The maximum Gasteiger partial charge on any atom is 0.254 e. The summed E-state index contributed by atoms with van der Waals surface area (Å²) in [6.07, 6.45) is 9.30. The summed E-state index contributed by atoms with van der Waals surface area (Å²) in [5, 5.41) is 0. The highest BCUT2D eigenvalue weighted by molar-refractivity contribution is 8.40. The lowest BCUT2D eigenvalue weighted by molar-refractivity contribution is -0.106. The van der Waals surface area contributed by atoms with Crippen LogP contribution in [0.2, 0.25) is 0 Å². The van der Waals surface area contributed by atoms with Crippen LogP contribution in [0, 0.1) is 0 Å². The molecule has 7 atom stereocenters. The molecule has 7 unspecified atom stereocenters. The highest BCUT2D eigenvalue weighted by Gasteiger charge is 2.88. The molecule has 5 heteroatoms. The van der Waals surface area contributed by atoms with Crippen LogP contribution in [0.5, 0.6) is 0 Å². The standard InChI is InChI=1S/C27H39NO3S/c1-20-16-30-22(15-28(20)23(29)21-9-6-5-7-10-21)17-31-27-12-8-11-24(2)18-26(4)19-25(3,13-14-27)32(24,26)27/h5-7,9-10,20,22H,8,11-19H2,1-4H3. The number of morpholine rings is 1. The van der Waals surface area contributed by atoms with E-state index in [0.29, 0.717) is 34.0 Å². The maximum absolute atomic E-state index is 13.2. The van der Waals surface area contributed by atoms with E-state index in [1.54, 1.807) is 0 Å². The molecular formula is C27H39NO3S. The molecule has 1 amide bonds. The number of benzene rings is 1. The molecule has 0 saturated carbocycles. The number of amides is 1. The molecule has 5 aliphatic heterocycles. The normalized spacial score (nSPS) is 50.9. The van der Waals surface area contributed by atoms with Crippen molar-refractivity contribution in [2.75, 3.05) is 19.8 Å². The van der Waals surface area contributed by atoms with E-state index in [0.717, 1.165) is 5.56 Å². The number of rotatable bonds is 4. The van der Waals surface area contributed by atoms with Crippen molar-refractivity contribution in [3.8, 4) is 0 Å². The Morgan fingerprint density at radius 2 is 1.78 bits per heavy atom. The van der Waals surface area contributed by atoms with Crippen molar-refractivity contribution in [1.82, 2.24) is 4.90 Å². The molecule has 176 valence electrons. The molecule has 1 aromatic rings. The van der Waals surface area contributed by atoms with Gasteiger partial charge in [-0.05, 0) is 64.0 Å². The van der Waals surface area contributed by atoms with Gasteiger partial charge in [-0.3, -0.25) is 4.79 Å². The minimum absolute atomic E-state index is 0.0320. The predicted octanol–water partition coefficient (Wildman–Crippen LogP) is 5.49. The lowest BCUT2D eigenvalue weighted by Gasteiger charge is -2.91. The Morgan fingerprint density at radius 3 is 2.50 bits per heavy atom. The van der Waals surface area contributed by atoms with Crippen molar-refractivity contribution in [3.05, 3.63) is 35.9 Å². The zero-order chi connectivity index (χ0) is 22.4. The van der Waals surface area contributed by atoms with E-state index in [9.17, 15) is 4.79 Å². The monoisotopic (exact) mass is 457 g/mol. The molecule has 5 fully saturated rings. The summed E-state index contributed by atoms with van der Waals surface area (Å²) in [6, 6.07) is 9.74. The summed E-state index contributed by atoms with van der Waals surface area (Å²) in [5.41, 5.74) is 0.761. The Bertz CT molecular complexity index is 940. The highest BCUT2D eigenvalue weighted by Crippen LogP contribution is 3.03. The van der Waals surface area contributed by atoms with Gasteiger partial charge in [-0.15, -0.1) is 0 Å². The van der Waals surface area contributed by atoms with Crippen LogP contribution in [0.3, 0.4) is 0 Å². The Hall–Kier alpha value is -1.04. The largest absolute Gasteiger partial charge is 0.372 e. The second kappa shape index (κ2) is 6.76. The Morgan fingerprint density at radius 1 is 1.06 bits per heavy atom. The van der Waals surface area contributed by atoms with Crippen LogP contribution in [0.1, 0.15) is 83.0 Å². The molecule has 0 aromatic heterocycles. The zero-order valence-electron chi connectivity index (χ0n) is 20.2. The van der Waals surface area contributed by atoms with Gasteiger partial charge in [0.1, 0.15) is 0 Å². The fourth-order valence-electron chi connectivity index (χ4n) is 9.57. The Kier molecular flexibility index (Phi) is 4.54. The number of carbonyl (C=O) groups excluding carboxylic acids is 1. The van der Waals surface area contributed by atoms with E-state index in [1.807, 2.05) is 35.2 Å². The molecule has 32 heavy (non-hydrogen) atoms. The summed E-state index contributed by atoms with van der Waals surface area (Å²) >= 11 is 0. The molecule has 0 radical (unpaired) electrons. The van der Waals surface area contributed by atoms with Gasteiger partial charge in [0.2, 0.25) is 0 Å². The van der Waals surface area contributed by atoms with Crippen molar-refractivity contribution in [2.24, 2.45) is 0 Å². The fraction of sp³-hybridized carbons (Fsp3) is 0.741. The van der Waals surface area contributed by atoms with Crippen molar-refractivity contribution in [1.29, 1.82) is 0 Å². The molecule has 6 rings (SSSR count). The van der Waals surface area contributed by atoms with Crippen LogP contribution >= 0.6 is 10.0 Å². The third-order valence-corrected chi connectivity index (χ3v) is 17.0. The molecule has 1 spiro atoms. The summed E-state index contributed by atoms with van der Waals surface area (Å²) in [6.45, 7) is 11.7. The van der Waals surface area contributed by atoms with Gasteiger partial charge in [0.15, 0.2) is 0 Å². The van der Waals surface area contributed by atoms with E-state index in [1.165, 1.54) is 44.9 Å². The molecule has 1 aromatic carbocycles. The second-order valence-corrected chi connectivity index (χ2v) is 16.9. The Balaban J connectivity index is 1.21. The lowest BCUT2D eigenvalue weighted by atomic mass is 9.81. The first kappa shape index (κ1) is 21.5. The fourth-order valence-corrected chi connectivity index (χ4v) is 19.4. The minimum Gasteiger partial charge on any atom is -0.372 e. The first-order chi connectivity index (χ1) is 15.2. The van der Waals surface area contributed by atoms with Crippen LogP contribution in [0.25, 0.3) is 0 Å². The first-order valence-corrected chi connectivity index (χ1v) is 14.3. The zero-order valence-corrected chi connectivity index (χ0v) is 21.0. The van der Waals surface area contributed by atoms with Crippen LogP contribution in [0.15, 0.2) is 30.3 Å². The van der Waals surface area contributed by atoms with E-state index < -0.39 is 10.0 Å². The van der Waals surface area contributed by atoms with Crippen LogP contribution in [0.4, 0.5) is 0 Å². The van der Waals surface area contributed by atoms with Crippen molar-refractivity contribution in [3.63, 3.8) is 0 Å². The van der Waals surface area contributed by atoms with Gasteiger partial charge in [0.25, 0.3) is 5.91 Å². The number of ether oxygens (including phenoxy) is 2. The van der Waals surface area contributed by atoms with Crippen molar-refractivity contribution in [2.45, 2.75) is 104 Å². The maximum atomic E-state index is 13.2. The van der Waals surface area contributed by atoms with Gasteiger partial charge in [-0.2, -0.15) is 10.0 Å². The van der Waals surface area contributed by atoms with E-state index in [-0.39, 0.29) is 23.0 Å². The average Bonchev–Trinajstić information content (AvgIpc) is 3.01. The second-order valence-electron chi connectivity index (χ2n) is 12.0. The summed E-state index contributed by atoms with van der Waals surface area (Å²) in [7, 11) is -0.828. The van der Waals surface area contributed by atoms with Crippen LogP contribution in [-0.2, 0) is 9.47 Å². The average molecular weight is 458 g/mol. The first-order valence-electron chi connectivity index (χ1n) is 12.6. The molecule has 0 bridgehead atoms. The molecule has 0 aliphatic carbocycles. The van der Waals surface area contributed by atoms with Gasteiger partial charge >= 0.3 is 0 Å². The summed E-state index contributed by atoms with van der Waals surface area (Å²) in [4.78, 5) is 15.2. The molecule has 5 heterocycles. The third-order valence-electron chi connectivity index (χ3n) is 9.89. The van der Waals surface area contributed by atoms with Crippen LogP contribution in [-0.4, -0.2) is 61.9 Å². The molecular weight excluding hydrogens is 418 g/mol. The molecule has 4 nitrogen and oxygen atoms in total. The summed E-state index contributed by atoms with van der Waals surface area (Å²) in [5.74, 6) is 0.109. The van der Waals surface area contributed by atoms with E-state index in [2.05, 4.69) is 27.7 Å². The number of nitrogens with zero attached hydrogens (tertiary/aromatic N) is 1. The van der Waals surface area contributed by atoms with Gasteiger partial charge in [0, 0.05) is 26.3 Å². The van der Waals surface area contributed by atoms with E-state index in [4.69, 9.17) is 9.47 Å². The van der Waals surface area contributed by atoms with Gasteiger partial charge in [-0.25, -0.2) is 0 Å². The topological polar surface area (TPSA) is 38.8 Å². The SMILES string of the molecule is CC1COC(COC23CCCC4(C)CC5(C)CC(C)(CC2)S453)CN1C(=O)c1ccccc1. The van der Waals surface area contributed by atoms with Crippen molar-refractivity contribution < 1.29 is 14.3 Å². The Labute approximate surface area is 194 Å². The van der Waals surface area contributed by atoms with E-state index >= 15 is 0 Å². The van der Waals surface area contributed by atoms with Gasteiger partial charge < -0.3 is 14.4 Å². The molecule has 5 saturated heterocycles.